The second-order valence-electron chi connectivity index (χ2n) is 6.92. The summed E-state index contributed by atoms with van der Waals surface area (Å²) in [5.74, 6) is 0. The monoisotopic (exact) mass is 313 g/mol. The zero-order chi connectivity index (χ0) is 16.3. The maximum atomic E-state index is 6.74. The van der Waals surface area contributed by atoms with Crippen LogP contribution in [0.3, 0.4) is 0 Å². The first-order valence-electron chi connectivity index (χ1n) is 9.40. The fourth-order valence-corrected chi connectivity index (χ4v) is 6.17. The van der Waals surface area contributed by atoms with Gasteiger partial charge < -0.3 is 3.79 Å². The lowest BCUT2D eigenvalue weighted by Gasteiger charge is -2.40. The van der Waals surface area contributed by atoms with Gasteiger partial charge in [-0.25, -0.2) is 0 Å². The third-order valence-corrected chi connectivity index (χ3v) is 6.97. The number of hydrogen-bond donors (Lipinski definition) is 0. The maximum absolute atomic E-state index is 6.74. The van der Waals surface area contributed by atoms with Gasteiger partial charge in [0.1, 0.15) is 0 Å². The van der Waals surface area contributed by atoms with E-state index in [9.17, 15) is 0 Å². The highest BCUT2D eigenvalue weighted by atomic mass is 27.2. The lowest BCUT2D eigenvalue weighted by molar-refractivity contribution is -0.0269. The van der Waals surface area contributed by atoms with Crippen LogP contribution in [0, 0.1) is 0 Å². The first kappa shape index (κ1) is 21.5. The second-order valence-corrected chi connectivity index (χ2v) is 9.59. The van der Waals surface area contributed by atoms with Crippen LogP contribution in [0.2, 0.25) is 10.6 Å². The van der Waals surface area contributed by atoms with Gasteiger partial charge in [-0.05, 0) is 34.1 Å². The van der Waals surface area contributed by atoms with Gasteiger partial charge in [0.25, 0.3) is 0 Å². The molecule has 0 saturated heterocycles. The normalized spacial score (nSPS) is 13.4. The van der Waals surface area contributed by atoms with Crippen LogP contribution in [0.15, 0.2) is 0 Å². The van der Waals surface area contributed by atoms with E-state index in [4.69, 9.17) is 3.79 Å². The Labute approximate surface area is 139 Å². The molecule has 126 valence electrons. The minimum absolute atomic E-state index is 0.348. The van der Waals surface area contributed by atoms with E-state index in [1.165, 1.54) is 49.1 Å². The van der Waals surface area contributed by atoms with Crippen molar-refractivity contribution in [2.75, 3.05) is 0 Å². The molecule has 0 amide bonds. The SMILES string of the molecule is CCC[CH2][Al]([CH2]CCC)[O]C(CCC)N(C(C)C)C(C)C. The minimum Gasteiger partial charge on any atom is -0.487 e. The Balaban J connectivity index is 4.78. The van der Waals surface area contributed by atoms with Gasteiger partial charge in [0.05, 0.1) is 6.23 Å². The Hall–Kier alpha value is 0.452. The van der Waals surface area contributed by atoms with E-state index in [1.807, 2.05) is 0 Å². The van der Waals surface area contributed by atoms with Crippen molar-refractivity contribution in [1.29, 1.82) is 0 Å². The molecular weight excluding hydrogens is 273 g/mol. The molecule has 0 bridgehead atoms. The fraction of sp³-hybridized carbons (Fsp3) is 1.00. The van der Waals surface area contributed by atoms with Crippen LogP contribution in [-0.4, -0.2) is 37.7 Å². The van der Waals surface area contributed by atoms with Gasteiger partial charge in [0.2, 0.25) is 0 Å². The van der Waals surface area contributed by atoms with Crippen LogP contribution < -0.4 is 0 Å². The van der Waals surface area contributed by atoms with Crippen molar-refractivity contribution in [1.82, 2.24) is 4.90 Å². The van der Waals surface area contributed by atoms with Crippen LogP contribution in [0.25, 0.3) is 0 Å². The summed E-state index contributed by atoms with van der Waals surface area (Å²) in [5, 5.41) is 2.72. The number of unbranched alkanes of at least 4 members (excludes halogenated alkanes) is 2. The van der Waals surface area contributed by atoms with E-state index in [1.54, 1.807) is 0 Å². The molecule has 0 aromatic carbocycles. The molecule has 0 rings (SSSR count). The first-order chi connectivity index (χ1) is 9.97. The van der Waals surface area contributed by atoms with Crippen molar-refractivity contribution in [2.24, 2.45) is 0 Å². The Kier molecular flexibility index (Phi) is 13.2. The minimum atomic E-state index is -1.04. The summed E-state index contributed by atoms with van der Waals surface area (Å²) in [6, 6.07) is 1.13. The molecule has 1 unspecified atom stereocenters. The molecule has 0 aromatic rings. The third kappa shape index (κ3) is 9.24. The molecule has 21 heavy (non-hydrogen) atoms. The molecule has 0 aliphatic rings. The molecule has 0 heterocycles. The van der Waals surface area contributed by atoms with Gasteiger partial charge in [-0.1, -0.05) is 63.4 Å². The van der Waals surface area contributed by atoms with Gasteiger partial charge in [0.15, 0.2) is 0 Å². The van der Waals surface area contributed by atoms with Gasteiger partial charge in [-0.3, -0.25) is 4.90 Å². The van der Waals surface area contributed by atoms with Crippen LogP contribution >= 0.6 is 0 Å². The molecule has 3 heteroatoms. The number of rotatable bonds is 13. The zero-order valence-electron chi connectivity index (χ0n) is 15.8. The Morgan fingerprint density at radius 2 is 1.29 bits per heavy atom. The summed E-state index contributed by atoms with van der Waals surface area (Å²) in [5.41, 5.74) is 0. The van der Waals surface area contributed by atoms with Crippen molar-refractivity contribution in [3.05, 3.63) is 0 Å². The number of nitrogens with zero attached hydrogens (tertiary/aromatic N) is 1. The van der Waals surface area contributed by atoms with Gasteiger partial charge >= 0.3 is 14.5 Å². The van der Waals surface area contributed by atoms with Crippen LogP contribution in [0.4, 0.5) is 0 Å². The molecule has 0 radical (unpaired) electrons. The van der Waals surface area contributed by atoms with Gasteiger partial charge in [0, 0.05) is 12.1 Å². The Bertz CT molecular complexity index is 217. The second kappa shape index (κ2) is 12.9. The predicted molar refractivity (Wildman–Crippen MR) is 97.1 cm³/mol. The Morgan fingerprint density at radius 1 is 0.810 bits per heavy atom. The molecule has 0 aromatic heterocycles. The standard InChI is InChI=1S/C10H22NO.2C4H9.Al/c1-6-7-10(12)11(8(2)3)9(4)5;2*1-3-4-2;/h8-10H,6-7H2,1-5H3;2*1,3-4H2,2H3;/q-1;;;+1. The lowest BCUT2D eigenvalue weighted by Crippen LogP contribution is -2.48. The summed E-state index contributed by atoms with van der Waals surface area (Å²) < 4.78 is 6.74. The molecule has 0 spiro atoms. The van der Waals surface area contributed by atoms with E-state index in [-0.39, 0.29) is 0 Å². The van der Waals surface area contributed by atoms with Crippen molar-refractivity contribution in [3.63, 3.8) is 0 Å². The molecule has 0 N–H and O–H groups in total. The highest BCUT2D eigenvalue weighted by Gasteiger charge is 2.29. The van der Waals surface area contributed by atoms with Crippen LogP contribution in [-0.2, 0) is 3.79 Å². The molecule has 0 saturated carbocycles. The number of hydrogen-bond acceptors (Lipinski definition) is 2. The Morgan fingerprint density at radius 3 is 1.62 bits per heavy atom. The topological polar surface area (TPSA) is 12.5 Å². The summed E-state index contributed by atoms with van der Waals surface area (Å²) in [7, 11) is 0. The fourth-order valence-electron chi connectivity index (χ4n) is 3.16. The molecule has 1 atom stereocenters. The van der Waals surface area contributed by atoms with Crippen molar-refractivity contribution in [2.45, 2.75) is 116 Å². The predicted octanol–water partition coefficient (Wildman–Crippen LogP) is 5.84. The van der Waals surface area contributed by atoms with E-state index in [0.29, 0.717) is 18.3 Å². The highest BCUT2D eigenvalue weighted by molar-refractivity contribution is 6.51. The van der Waals surface area contributed by atoms with Crippen LogP contribution in [0.5, 0.6) is 0 Å². The van der Waals surface area contributed by atoms with Crippen LogP contribution in [0.1, 0.15) is 87.0 Å². The van der Waals surface area contributed by atoms with Gasteiger partial charge in [-0.2, -0.15) is 0 Å². The zero-order valence-corrected chi connectivity index (χ0v) is 17.0. The maximum Gasteiger partial charge on any atom is 0.461 e. The summed E-state index contributed by atoms with van der Waals surface area (Å²) in [6.45, 7) is 16.1. The largest absolute Gasteiger partial charge is 0.487 e. The smallest absolute Gasteiger partial charge is 0.461 e. The van der Waals surface area contributed by atoms with Crippen molar-refractivity contribution >= 4 is 14.5 Å². The van der Waals surface area contributed by atoms with Gasteiger partial charge in [-0.15, -0.1) is 0 Å². The average molecular weight is 314 g/mol. The van der Waals surface area contributed by atoms with Crippen molar-refractivity contribution in [3.8, 4) is 0 Å². The first-order valence-corrected chi connectivity index (χ1v) is 11.5. The van der Waals surface area contributed by atoms with E-state index in [2.05, 4.69) is 53.4 Å². The molecule has 0 aliphatic carbocycles. The summed E-state index contributed by atoms with van der Waals surface area (Å²) in [6.07, 6.45) is 8.04. The van der Waals surface area contributed by atoms with E-state index in [0.717, 1.165) is 0 Å². The summed E-state index contributed by atoms with van der Waals surface area (Å²) in [4.78, 5) is 2.58. The molecule has 0 fully saturated rings. The summed E-state index contributed by atoms with van der Waals surface area (Å²) >= 11 is -1.04. The van der Waals surface area contributed by atoms with E-state index >= 15 is 0 Å². The quantitative estimate of drug-likeness (QED) is 0.313. The third-order valence-electron chi connectivity index (χ3n) is 4.17. The average Bonchev–Trinajstić information content (AvgIpc) is 2.41. The highest BCUT2D eigenvalue weighted by Crippen LogP contribution is 2.21. The molecule has 2 nitrogen and oxygen atoms in total. The molecule has 0 aliphatic heterocycles. The molecular formula is C18H40AlNO. The van der Waals surface area contributed by atoms with Crippen molar-refractivity contribution < 1.29 is 3.79 Å². The lowest BCUT2D eigenvalue weighted by atomic mass is 10.2. The van der Waals surface area contributed by atoms with E-state index < -0.39 is 14.5 Å².